The minimum atomic E-state index is -0.486. The Morgan fingerprint density at radius 1 is 1.71 bits per heavy atom. The number of nitriles is 1. The maximum Gasteiger partial charge on any atom is 0.221 e. The number of nitrogens with one attached hydrogen (secondary N) is 1. The van der Waals surface area contributed by atoms with E-state index in [1.54, 1.807) is 7.05 Å². The van der Waals surface area contributed by atoms with Gasteiger partial charge in [-0.25, -0.2) is 0 Å². The molecule has 1 aliphatic heterocycles. The van der Waals surface area contributed by atoms with Crippen LogP contribution >= 0.6 is 0 Å². The van der Waals surface area contributed by atoms with Gasteiger partial charge in [0.1, 0.15) is 5.54 Å². The van der Waals surface area contributed by atoms with Gasteiger partial charge in [0.25, 0.3) is 0 Å². The molecule has 1 fully saturated rings. The lowest BCUT2D eigenvalue weighted by atomic mass is 9.95. The molecule has 0 radical (unpaired) electrons. The molecule has 5 heteroatoms. The van der Waals surface area contributed by atoms with E-state index in [4.69, 9.17) is 11.0 Å². The Labute approximate surface area is 103 Å². The molecule has 5 nitrogen and oxygen atoms in total. The fourth-order valence-electron chi connectivity index (χ4n) is 2.11. The second kappa shape index (κ2) is 5.99. The summed E-state index contributed by atoms with van der Waals surface area (Å²) in [5, 5.41) is 12.1. The van der Waals surface area contributed by atoms with Crippen LogP contribution in [-0.2, 0) is 4.79 Å². The van der Waals surface area contributed by atoms with E-state index in [0.717, 1.165) is 38.9 Å². The van der Waals surface area contributed by atoms with Gasteiger partial charge in [0.15, 0.2) is 0 Å². The quantitative estimate of drug-likeness (QED) is 0.710. The van der Waals surface area contributed by atoms with Gasteiger partial charge in [0.2, 0.25) is 5.91 Å². The first kappa shape index (κ1) is 13.9. The predicted molar refractivity (Wildman–Crippen MR) is 66.1 cm³/mol. The van der Waals surface area contributed by atoms with E-state index < -0.39 is 5.54 Å². The minimum absolute atomic E-state index is 0.0216. The predicted octanol–water partition coefficient (Wildman–Crippen LogP) is 0.0755. The van der Waals surface area contributed by atoms with Crippen molar-refractivity contribution in [1.29, 1.82) is 5.26 Å². The summed E-state index contributed by atoms with van der Waals surface area (Å²) in [5.74, 6) is -0.224. The summed E-state index contributed by atoms with van der Waals surface area (Å²) in [6.07, 6.45) is 2.66. The third-order valence-electron chi connectivity index (χ3n) is 3.63. The Balaban J connectivity index is 2.42. The molecule has 1 rings (SSSR count). The average molecular weight is 238 g/mol. The van der Waals surface area contributed by atoms with E-state index in [9.17, 15) is 4.79 Å². The normalized spacial score (nSPS) is 24.9. The molecule has 2 atom stereocenters. The van der Waals surface area contributed by atoms with E-state index in [1.807, 2.05) is 6.92 Å². The smallest absolute Gasteiger partial charge is 0.221 e. The first-order chi connectivity index (χ1) is 8.00. The second-order valence-electron chi connectivity index (χ2n) is 4.99. The molecule has 1 heterocycles. The van der Waals surface area contributed by atoms with Crippen LogP contribution in [-0.4, -0.2) is 43.0 Å². The van der Waals surface area contributed by atoms with Gasteiger partial charge < -0.3 is 16.0 Å². The summed E-state index contributed by atoms with van der Waals surface area (Å²) in [4.78, 5) is 13.4. The fourth-order valence-corrected chi connectivity index (χ4v) is 2.11. The number of carbonyl (C=O) groups excluding carboxylic acids is 1. The van der Waals surface area contributed by atoms with Crippen LogP contribution in [0.4, 0.5) is 0 Å². The monoisotopic (exact) mass is 238 g/mol. The van der Waals surface area contributed by atoms with Crippen molar-refractivity contribution in [3.05, 3.63) is 0 Å². The lowest BCUT2D eigenvalue weighted by Crippen LogP contribution is -2.45. The van der Waals surface area contributed by atoms with Gasteiger partial charge in [-0.05, 0) is 39.8 Å². The molecule has 0 aromatic carbocycles. The SMILES string of the molecule is CNC(C)(C#N)CCN1CCCC(C(N)=O)C1. The summed E-state index contributed by atoms with van der Waals surface area (Å²) in [7, 11) is 1.80. The van der Waals surface area contributed by atoms with Crippen LogP contribution in [0.15, 0.2) is 0 Å². The van der Waals surface area contributed by atoms with Crippen molar-refractivity contribution in [1.82, 2.24) is 10.2 Å². The van der Waals surface area contributed by atoms with Crippen molar-refractivity contribution in [3.63, 3.8) is 0 Å². The molecular weight excluding hydrogens is 216 g/mol. The van der Waals surface area contributed by atoms with Crippen LogP contribution in [0.1, 0.15) is 26.2 Å². The number of likely N-dealkylation sites (tertiary alicyclic amines) is 1. The van der Waals surface area contributed by atoms with E-state index in [0.29, 0.717) is 0 Å². The number of piperidine rings is 1. The highest BCUT2D eigenvalue weighted by atomic mass is 16.1. The standard InChI is InChI=1S/C12H22N4O/c1-12(9-13,15-2)5-7-16-6-3-4-10(8-16)11(14)17/h10,15H,3-8H2,1-2H3,(H2,14,17). The molecule has 2 unspecified atom stereocenters. The van der Waals surface area contributed by atoms with Crippen LogP contribution in [0.5, 0.6) is 0 Å². The molecule has 1 saturated heterocycles. The van der Waals surface area contributed by atoms with Gasteiger partial charge in [-0.2, -0.15) is 5.26 Å². The zero-order valence-electron chi connectivity index (χ0n) is 10.7. The Bertz CT molecular complexity index is 312. The van der Waals surface area contributed by atoms with Crippen molar-refractivity contribution in [2.75, 3.05) is 26.7 Å². The Kier molecular flexibility index (Phi) is 4.91. The first-order valence-corrected chi connectivity index (χ1v) is 6.12. The molecule has 1 amide bonds. The van der Waals surface area contributed by atoms with Crippen molar-refractivity contribution in [2.45, 2.75) is 31.7 Å². The number of hydrogen-bond donors (Lipinski definition) is 2. The molecule has 17 heavy (non-hydrogen) atoms. The first-order valence-electron chi connectivity index (χ1n) is 6.12. The molecule has 0 aromatic heterocycles. The third kappa shape index (κ3) is 3.99. The largest absolute Gasteiger partial charge is 0.369 e. The van der Waals surface area contributed by atoms with E-state index in [1.165, 1.54) is 0 Å². The highest BCUT2D eigenvalue weighted by Crippen LogP contribution is 2.17. The van der Waals surface area contributed by atoms with Crippen molar-refractivity contribution < 1.29 is 4.79 Å². The average Bonchev–Trinajstić information content (AvgIpc) is 2.36. The fraction of sp³-hybridized carbons (Fsp3) is 0.833. The second-order valence-corrected chi connectivity index (χ2v) is 4.99. The summed E-state index contributed by atoms with van der Waals surface area (Å²) in [6.45, 7) is 4.45. The number of nitrogens with zero attached hydrogens (tertiary/aromatic N) is 2. The van der Waals surface area contributed by atoms with Gasteiger partial charge in [-0.3, -0.25) is 4.79 Å². The number of primary amides is 1. The number of nitrogens with two attached hydrogens (primary N) is 1. The lowest BCUT2D eigenvalue weighted by molar-refractivity contribution is -0.123. The van der Waals surface area contributed by atoms with E-state index in [2.05, 4.69) is 16.3 Å². The van der Waals surface area contributed by atoms with Crippen LogP contribution in [0.2, 0.25) is 0 Å². The Morgan fingerprint density at radius 2 is 2.41 bits per heavy atom. The maximum absolute atomic E-state index is 11.1. The highest BCUT2D eigenvalue weighted by molar-refractivity contribution is 5.76. The minimum Gasteiger partial charge on any atom is -0.369 e. The molecule has 0 aliphatic carbocycles. The number of hydrogen-bond acceptors (Lipinski definition) is 4. The Morgan fingerprint density at radius 3 is 2.94 bits per heavy atom. The van der Waals surface area contributed by atoms with E-state index in [-0.39, 0.29) is 11.8 Å². The van der Waals surface area contributed by atoms with Gasteiger partial charge in [-0.15, -0.1) is 0 Å². The van der Waals surface area contributed by atoms with Gasteiger partial charge >= 0.3 is 0 Å². The van der Waals surface area contributed by atoms with Crippen LogP contribution < -0.4 is 11.1 Å². The number of rotatable bonds is 5. The third-order valence-corrected chi connectivity index (χ3v) is 3.63. The molecule has 0 aromatic rings. The highest BCUT2D eigenvalue weighted by Gasteiger charge is 2.27. The van der Waals surface area contributed by atoms with Gasteiger partial charge in [-0.1, -0.05) is 0 Å². The van der Waals surface area contributed by atoms with Crippen LogP contribution in [0.25, 0.3) is 0 Å². The summed E-state index contributed by atoms with van der Waals surface area (Å²) in [6, 6.07) is 2.27. The summed E-state index contributed by atoms with van der Waals surface area (Å²) >= 11 is 0. The summed E-state index contributed by atoms with van der Waals surface area (Å²) in [5.41, 5.74) is 4.85. The molecule has 3 N–H and O–H groups in total. The molecule has 0 bridgehead atoms. The lowest BCUT2D eigenvalue weighted by Gasteiger charge is -2.33. The zero-order valence-corrected chi connectivity index (χ0v) is 10.7. The zero-order chi connectivity index (χ0) is 12.9. The van der Waals surface area contributed by atoms with Gasteiger partial charge in [0, 0.05) is 13.1 Å². The topological polar surface area (TPSA) is 82.2 Å². The molecule has 96 valence electrons. The molecule has 1 aliphatic rings. The van der Waals surface area contributed by atoms with Gasteiger partial charge in [0.05, 0.1) is 12.0 Å². The Hall–Kier alpha value is -1.12. The van der Waals surface area contributed by atoms with E-state index >= 15 is 0 Å². The van der Waals surface area contributed by atoms with Crippen LogP contribution in [0, 0.1) is 17.2 Å². The number of amides is 1. The van der Waals surface area contributed by atoms with Crippen molar-refractivity contribution in [3.8, 4) is 6.07 Å². The molecule has 0 saturated carbocycles. The maximum atomic E-state index is 11.1. The summed E-state index contributed by atoms with van der Waals surface area (Å²) < 4.78 is 0. The molecular formula is C12H22N4O. The number of carbonyl (C=O) groups is 1. The van der Waals surface area contributed by atoms with Crippen molar-refractivity contribution in [2.24, 2.45) is 11.7 Å². The van der Waals surface area contributed by atoms with Crippen molar-refractivity contribution >= 4 is 5.91 Å². The van der Waals surface area contributed by atoms with Crippen LogP contribution in [0.3, 0.4) is 0 Å². The molecule has 0 spiro atoms.